The van der Waals surface area contributed by atoms with Gasteiger partial charge in [-0.2, -0.15) is 0 Å². The first-order valence-electron chi connectivity index (χ1n) is 9.04. The minimum Gasteiger partial charge on any atom is -0.0917 e. The second kappa shape index (κ2) is 8.20. The minimum atomic E-state index is 0.498. The molecular weight excluding hydrogens is 252 g/mol. The maximum Gasteiger partial charge on any atom is -0.0194 e. The van der Waals surface area contributed by atoms with Gasteiger partial charge in [0.2, 0.25) is 0 Å². The molecule has 0 heterocycles. The number of allylic oxidation sites excluding steroid dienone is 4. The van der Waals surface area contributed by atoms with Crippen LogP contribution in [0.2, 0.25) is 0 Å². The van der Waals surface area contributed by atoms with Gasteiger partial charge in [-0.1, -0.05) is 64.8 Å². The SMILES string of the molecule is CC=CCC(C)C(C)CCCC(C)=CC1CC1C(C)(C)C. The van der Waals surface area contributed by atoms with Crippen LogP contribution in [0.4, 0.5) is 0 Å². The molecule has 0 saturated heterocycles. The van der Waals surface area contributed by atoms with Crippen LogP contribution in [-0.2, 0) is 0 Å². The van der Waals surface area contributed by atoms with E-state index in [0.717, 1.165) is 23.7 Å². The molecule has 0 aromatic heterocycles. The lowest BCUT2D eigenvalue weighted by atomic mass is 9.87. The van der Waals surface area contributed by atoms with Gasteiger partial charge in [-0.15, -0.1) is 0 Å². The van der Waals surface area contributed by atoms with E-state index < -0.39 is 0 Å². The molecule has 0 amide bonds. The summed E-state index contributed by atoms with van der Waals surface area (Å²) in [6, 6.07) is 0. The molecule has 1 rings (SSSR count). The van der Waals surface area contributed by atoms with Crippen molar-refractivity contribution in [3.63, 3.8) is 0 Å². The standard InChI is InChI=1S/C21H38/c1-8-9-12-17(3)18(4)13-10-11-16(2)14-19-15-20(19)21(5,6)7/h8-9,14,17-20H,10-13,15H2,1-7H3. The van der Waals surface area contributed by atoms with Gasteiger partial charge in [-0.3, -0.25) is 0 Å². The van der Waals surface area contributed by atoms with Gasteiger partial charge in [-0.25, -0.2) is 0 Å². The van der Waals surface area contributed by atoms with E-state index in [-0.39, 0.29) is 0 Å². The van der Waals surface area contributed by atoms with Crippen molar-refractivity contribution < 1.29 is 0 Å². The minimum absolute atomic E-state index is 0.498. The van der Waals surface area contributed by atoms with Gasteiger partial charge in [0, 0.05) is 0 Å². The van der Waals surface area contributed by atoms with E-state index in [4.69, 9.17) is 0 Å². The van der Waals surface area contributed by atoms with Crippen molar-refractivity contribution >= 4 is 0 Å². The van der Waals surface area contributed by atoms with Crippen molar-refractivity contribution in [3.05, 3.63) is 23.8 Å². The van der Waals surface area contributed by atoms with E-state index in [1.165, 1.54) is 32.1 Å². The third-order valence-electron chi connectivity index (χ3n) is 5.40. The molecule has 1 saturated carbocycles. The van der Waals surface area contributed by atoms with Gasteiger partial charge in [0.05, 0.1) is 0 Å². The van der Waals surface area contributed by atoms with Crippen LogP contribution in [0.25, 0.3) is 0 Å². The third kappa shape index (κ3) is 6.85. The first-order chi connectivity index (χ1) is 9.75. The molecule has 4 atom stereocenters. The van der Waals surface area contributed by atoms with Gasteiger partial charge in [-0.05, 0) is 68.6 Å². The van der Waals surface area contributed by atoms with Gasteiger partial charge >= 0.3 is 0 Å². The third-order valence-corrected chi connectivity index (χ3v) is 5.40. The van der Waals surface area contributed by atoms with E-state index >= 15 is 0 Å². The van der Waals surface area contributed by atoms with Crippen LogP contribution >= 0.6 is 0 Å². The van der Waals surface area contributed by atoms with Crippen LogP contribution in [0.15, 0.2) is 23.8 Å². The fourth-order valence-electron chi connectivity index (χ4n) is 3.41. The largest absolute Gasteiger partial charge is 0.0917 e. The van der Waals surface area contributed by atoms with Crippen molar-refractivity contribution in [1.82, 2.24) is 0 Å². The quantitative estimate of drug-likeness (QED) is 0.421. The monoisotopic (exact) mass is 290 g/mol. The van der Waals surface area contributed by atoms with Gasteiger partial charge in [0.1, 0.15) is 0 Å². The molecule has 122 valence electrons. The molecule has 0 bridgehead atoms. The van der Waals surface area contributed by atoms with E-state index in [1.54, 1.807) is 5.57 Å². The summed E-state index contributed by atoms with van der Waals surface area (Å²) in [6.07, 6.45) is 13.7. The Labute approximate surface area is 134 Å². The first-order valence-corrected chi connectivity index (χ1v) is 9.04. The average molecular weight is 291 g/mol. The molecule has 0 aromatic carbocycles. The molecular formula is C21H38. The van der Waals surface area contributed by atoms with Crippen LogP contribution in [0.3, 0.4) is 0 Å². The number of rotatable bonds is 8. The highest BCUT2D eigenvalue weighted by atomic mass is 14.5. The molecule has 1 aliphatic carbocycles. The number of hydrogen-bond acceptors (Lipinski definition) is 0. The molecule has 0 heteroatoms. The zero-order chi connectivity index (χ0) is 16.0. The molecule has 0 spiro atoms. The second-order valence-electron chi connectivity index (χ2n) is 8.54. The van der Waals surface area contributed by atoms with Crippen molar-refractivity contribution in [3.8, 4) is 0 Å². The molecule has 1 fully saturated rings. The van der Waals surface area contributed by atoms with Crippen molar-refractivity contribution in [2.45, 2.75) is 80.6 Å². The summed E-state index contributed by atoms with van der Waals surface area (Å²) in [6.45, 7) is 16.4. The predicted octanol–water partition coefficient (Wildman–Crippen LogP) is 7.02. The zero-order valence-electron chi connectivity index (χ0n) is 15.6. The van der Waals surface area contributed by atoms with Crippen LogP contribution in [0.1, 0.15) is 80.6 Å². The Balaban J connectivity index is 2.23. The molecule has 1 aliphatic rings. The summed E-state index contributed by atoms with van der Waals surface area (Å²) >= 11 is 0. The lowest BCUT2D eigenvalue weighted by Gasteiger charge is -2.18. The van der Waals surface area contributed by atoms with E-state index in [2.05, 4.69) is 66.7 Å². The first kappa shape index (κ1) is 18.5. The topological polar surface area (TPSA) is 0 Å². The maximum absolute atomic E-state index is 2.57. The fourth-order valence-corrected chi connectivity index (χ4v) is 3.41. The normalized spacial score (nSPS) is 26.1. The van der Waals surface area contributed by atoms with Crippen LogP contribution < -0.4 is 0 Å². The Kier molecular flexibility index (Phi) is 7.24. The van der Waals surface area contributed by atoms with Crippen LogP contribution in [0.5, 0.6) is 0 Å². The molecule has 21 heavy (non-hydrogen) atoms. The summed E-state index contributed by atoms with van der Waals surface area (Å²) in [4.78, 5) is 0. The lowest BCUT2D eigenvalue weighted by molar-refractivity contribution is 0.339. The Hall–Kier alpha value is -0.520. The Morgan fingerprint density at radius 3 is 2.38 bits per heavy atom. The molecule has 0 aromatic rings. The summed E-state index contributed by atoms with van der Waals surface area (Å²) in [7, 11) is 0. The Bertz CT molecular complexity index is 353. The average Bonchev–Trinajstić information content (AvgIpc) is 3.14. The lowest BCUT2D eigenvalue weighted by Crippen LogP contribution is -2.08. The molecule has 0 aliphatic heterocycles. The zero-order valence-corrected chi connectivity index (χ0v) is 15.6. The molecule has 0 nitrogen and oxygen atoms in total. The van der Waals surface area contributed by atoms with E-state index in [9.17, 15) is 0 Å². The number of hydrogen-bond donors (Lipinski definition) is 0. The highest BCUT2D eigenvalue weighted by Crippen LogP contribution is 2.51. The van der Waals surface area contributed by atoms with Crippen molar-refractivity contribution in [1.29, 1.82) is 0 Å². The Morgan fingerprint density at radius 1 is 1.19 bits per heavy atom. The second-order valence-corrected chi connectivity index (χ2v) is 8.54. The summed E-state index contributed by atoms with van der Waals surface area (Å²) in [5.41, 5.74) is 2.12. The van der Waals surface area contributed by atoms with Gasteiger partial charge < -0.3 is 0 Å². The molecule has 0 radical (unpaired) electrons. The van der Waals surface area contributed by atoms with E-state index in [1.807, 2.05) is 0 Å². The molecule has 0 N–H and O–H groups in total. The van der Waals surface area contributed by atoms with Gasteiger partial charge in [0.15, 0.2) is 0 Å². The maximum atomic E-state index is 2.57. The van der Waals surface area contributed by atoms with Crippen molar-refractivity contribution in [2.24, 2.45) is 29.1 Å². The van der Waals surface area contributed by atoms with E-state index in [0.29, 0.717) is 5.41 Å². The summed E-state index contributed by atoms with van der Waals surface area (Å²) in [5, 5.41) is 0. The van der Waals surface area contributed by atoms with Crippen molar-refractivity contribution in [2.75, 3.05) is 0 Å². The fraction of sp³-hybridized carbons (Fsp3) is 0.810. The van der Waals surface area contributed by atoms with Gasteiger partial charge in [0.25, 0.3) is 0 Å². The predicted molar refractivity (Wildman–Crippen MR) is 96.4 cm³/mol. The highest BCUT2D eigenvalue weighted by molar-refractivity contribution is 5.11. The molecule has 4 unspecified atom stereocenters. The smallest absolute Gasteiger partial charge is 0.0194 e. The summed E-state index contributed by atoms with van der Waals surface area (Å²) < 4.78 is 0. The Morgan fingerprint density at radius 2 is 1.86 bits per heavy atom. The highest BCUT2D eigenvalue weighted by Gasteiger charge is 2.43. The van der Waals surface area contributed by atoms with Crippen LogP contribution in [0, 0.1) is 29.1 Å². The van der Waals surface area contributed by atoms with Crippen LogP contribution in [-0.4, -0.2) is 0 Å². The summed E-state index contributed by atoms with van der Waals surface area (Å²) in [5.74, 6) is 3.46.